The van der Waals surface area contributed by atoms with Crippen molar-refractivity contribution in [2.75, 3.05) is 36.0 Å². The van der Waals surface area contributed by atoms with Crippen LogP contribution in [-0.4, -0.2) is 95.8 Å². The molecule has 6 amide bonds. The zero-order valence-electron chi connectivity index (χ0n) is 47.7. The van der Waals surface area contributed by atoms with Crippen LogP contribution in [0.5, 0.6) is 11.5 Å². The number of fused-ring (bicyclic) bond motifs is 2. The number of alkyl carbamates (subject to hydrolysis) is 1. The summed E-state index contributed by atoms with van der Waals surface area (Å²) in [6.07, 6.45) is 10.8. The van der Waals surface area contributed by atoms with E-state index in [0.717, 1.165) is 62.5 Å². The Kier molecular flexibility index (Phi) is 19.4. The van der Waals surface area contributed by atoms with Crippen LogP contribution >= 0.6 is 0 Å². The molecule has 0 spiro atoms. The third kappa shape index (κ3) is 13.3. The second kappa shape index (κ2) is 26.5. The van der Waals surface area contributed by atoms with Crippen LogP contribution in [-0.2, 0) is 36.9 Å². The predicted octanol–water partition coefficient (Wildman–Crippen LogP) is 11.5. The molecule has 4 aliphatic rings. The van der Waals surface area contributed by atoms with Crippen molar-refractivity contribution in [3.8, 4) is 11.5 Å². The van der Waals surface area contributed by atoms with Gasteiger partial charge >= 0.3 is 6.09 Å². The molecule has 2 unspecified atom stereocenters. The lowest BCUT2D eigenvalue weighted by molar-refractivity contribution is -0.135. The summed E-state index contributed by atoms with van der Waals surface area (Å²) in [6, 6.07) is 39.5. The highest BCUT2D eigenvalue weighted by Crippen LogP contribution is 2.45. The number of amides is 6. The van der Waals surface area contributed by atoms with Gasteiger partial charge in [0.2, 0.25) is 17.1 Å². The molecule has 0 saturated heterocycles. The third-order valence-electron chi connectivity index (χ3n) is 15.9. The van der Waals surface area contributed by atoms with Gasteiger partial charge < -0.3 is 44.4 Å². The van der Waals surface area contributed by atoms with E-state index in [2.05, 4.69) is 38.3 Å². The van der Waals surface area contributed by atoms with Crippen molar-refractivity contribution in [2.45, 2.75) is 161 Å². The van der Waals surface area contributed by atoms with Crippen LogP contribution in [0.15, 0.2) is 127 Å². The van der Waals surface area contributed by atoms with Gasteiger partial charge in [-0.1, -0.05) is 136 Å². The van der Waals surface area contributed by atoms with Crippen molar-refractivity contribution in [1.82, 2.24) is 20.4 Å². The summed E-state index contributed by atoms with van der Waals surface area (Å²) in [5, 5.41) is 5.62. The average Bonchev–Trinajstić information content (AvgIpc) is 3.68. The fraction of sp³-hybridized carbons (Fsp3) is 0.446. The molecule has 424 valence electrons. The summed E-state index contributed by atoms with van der Waals surface area (Å²) >= 11 is 0. The first-order valence-electron chi connectivity index (χ1n) is 28.8. The number of carbonyl (C=O) groups is 6. The Morgan fingerprint density at radius 3 is 1.38 bits per heavy atom. The molecular weight excluding hydrogens is 1010 g/mol. The first kappa shape index (κ1) is 58.5. The number of hydrogen-bond donors (Lipinski definition) is 2. The summed E-state index contributed by atoms with van der Waals surface area (Å²) < 4.78 is 18.1. The van der Waals surface area contributed by atoms with E-state index in [1.807, 2.05) is 101 Å². The predicted molar refractivity (Wildman–Crippen MR) is 311 cm³/mol. The number of nitrogens with zero attached hydrogens (tertiary/aromatic N) is 4. The van der Waals surface area contributed by atoms with Crippen LogP contribution < -0.4 is 29.9 Å². The Morgan fingerprint density at radius 1 is 0.575 bits per heavy atom. The van der Waals surface area contributed by atoms with E-state index in [9.17, 15) is 28.8 Å². The number of rotatable bonds is 17. The number of ether oxygens (including phenoxy) is 3. The molecule has 2 fully saturated rings. The summed E-state index contributed by atoms with van der Waals surface area (Å²) in [7, 11) is 0. The molecule has 5 aromatic rings. The van der Waals surface area contributed by atoms with Crippen LogP contribution in [0, 0.1) is 0 Å². The van der Waals surface area contributed by atoms with Crippen LogP contribution in [0.3, 0.4) is 0 Å². The van der Waals surface area contributed by atoms with E-state index in [-0.39, 0.29) is 79.9 Å². The van der Waals surface area contributed by atoms with Crippen LogP contribution in [0.4, 0.5) is 16.2 Å². The highest BCUT2D eigenvalue weighted by atomic mass is 16.5. The lowest BCUT2D eigenvalue weighted by Crippen LogP contribution is -2.54. The van der Waals surface area contributed by atoms with Gasteiger partial charge in [-0.25, -0.2) is 4.79 Å². The van der Waals surface area contributed by atoms with Crippen LogP contribution in [0.2, 0.25) is 0 Å². The van der Waals surface area contributed by atoms with Crippen molar-refractivity contribution >= 4 is 47.0 Å². The molecule has 80 heavy (non-hydrogen) atoms. The second-order valence-electron chi connectivity index (χ2n) is 22.2. The highest BCUT2D eigenvalue weighted by molar-refractivity contribution is 6.06. The maximum absolute atomic E-state index is 14.1. The summed E-state index contributed by atoms with van der Waals surface area (Å²) in [4.78, 5) is 87.3. The molecule has 2 saturated carbocycles. The molecular formula is C65H80N6O9. The van der Waals surface area contributed by atoms with Gasteiger partial charge in [-0.3, -0.25) is 24.0 Å². The van der Waals surface area contributed by atoms with Crippen LogP contribution in [0.1, 0.15) is 157 Å². The first-order valence-corrected chi connectivity index (χ1v) is 28.8. The van der Waals surface area contributed by atoms with Gasteiger partial charge in [0.05, 0.1) is 11.4 Å². The molecule has 0 radical (unpaired) electrons. The molecule has 2 N–H and O–H groups in total. The standard InChI is InChI=1S/C35H41N3O5.C30H39N3O4/c1-25(2)38(29-17-11-6-12-18-29)32(39)27-19-20-31-30(23-27)37(33(40)35(3,43-31)28-15-9-5-10-16-28)22-21-36-34(41)42-24-26-13-7-4-8-14-26;1-5-27(34)31-18-19-32-25-20-22(28(35)33(21(2)3)24-14-10-7-11-15-24)16-17-26(25)37-30(4,29(32)36)23-12-8-6-9-13-23/h4-5,7-10,13-16,19-20,23,25,29H,6,11-12,17-18,21-22,24H2,1-3H3,(H,36,41);6,8-9,12-13,16-17,20-21,24H,5,7,10-11,14-15,18-19H2,1-4H3,(H,31,34). The van der Waals surface area contributed by atoms with Gasteiger partial charge in [-0.05, 0) is 109 Å². The second-order valence-corrected chi connectivity index (χ2v) is 22.2. The van der Waals surface area contributed by atoms with Gasteiger partial charge in [0.25, 0.3) is 23.6 Å². The Hall–Kier alpha value is -7.68. The van der Waals surface area contributed by atoms with E-state index in [4.69, 9.17) is 14.2 Å². The fourth-order valence-electron chi connectivity index (χ4n) is 11.6. The van der Waals surface area contributed by atoms with E-state index < -0.39 is 17.3 Å². The Balaban J connectivity index is 0.000000213. The molecule has 5 aromatic carbocycles. The summed E-state index contributed by atoms with van der Waals surface area (Å²) in [5.41, 5.74) is 1.97. The molecule has 15 nitrogen and oxygen atoms in total. The maximum atomic E-state index is 14.1. The van der Waals surface area contributed by atoms with E-state index in [1.54, 1.807) is 67.0 Å². The SMILES string of the molecule is CC(C)N(C(=O)c1ccc2c(c1)N(CCNC(=O)OCc1ccccc1)C(=O)C(C)(c1ccccc1)O2)C1CCCCC1.CCC(=O)NCCN1C(=O)C(C)(c2ccccc2)Oc2ccc(C(=O)N(C(C)C)C3CCCCC3)cc21. The molecule has 9 rings (SSSR count). The Morgan fingerprint density at radius 2 is 0.975 bits per heavy atom. The average molecular weight is 1090 g/mol. The van der Waals surface area contributed by atoms with Crippen molar-refractivity contribution in [2.24, 2.45) is 0 Å². The topological polar surface area (TPSA) is 167 Å². The van der Waals surface area contributed by atoms with Gasteiger partial charge in [-0.15, -0.1) is 0 Å². The quantitative estimate of drug-likeness (QED) is 0.0921. The van der Waals surface area contributed by atoms with E-state index in [0.29, 0.717) is 52.5 Å². The zero-order chi connectivity index (χ0) is 57.0. The van der Waals surface area contributed by atoms with Crippen molar-refractivity contribution in [1.29, 1.82) is 0 Å². The van der Waals surface area contributed by atoms with Crippen molar-refractivity contribution < 1.29 is 43.0 Å². The minimum Gasteiger partial charge on any atom is -0.471 e. The first-order chi connectivity index (χ1) is 38.5. The minimum absolute atomic E-state index is 0.0206. The van der Waals surface area contributed by atoms with Gasteiger partial charge in [0.1, 0.15) is 18.1 Å². The third-order valence-corrected chi connectivity index (χ3v) is 15.9. The van der Waals surface area contributed by atoms with Gasteiger partial charge in [0, 0.05) is 79.0 Å². The fourth-order valence-corrected chi connectivity index (χ4v) is 11.6. The number of hydrogen-bond acceptors (Lipinski definition) is 9. The zero-order valence-corrected chi connectivity index (χ0v) is 47.7. The van der Waals surface area contributed by atoms with Crippen molar-refractivity contribution in [3.05, 3.63) is 155 Å². The molecule has 2 heterocycles. The molecule has 0 bridgehead atoms. The van der Waals surface area contributed by atoms with Crippen molar-refractivity contribution in [3.63, 3.8) is 0 Å². The van der Waals surface area contributed by atoms with Gasteiger partial charge in [-0.2, -0.15) is 0 Å². The molecule has 15 heteroatoms. The smallest absolute Gasteiger partial charge is 0.407 e. The Bertz CT molecular complexity index is 2940. The molecule has 0 aromatic heterocycles. The van der Waals surface area contributed by atoms with Crippen LogP contribution in [0.25, 0.3) is 0 Å². The number of anilines is 2. The molecule has 2 aliphatic carbocycles. The molecule has 2 atom stereocenters. The maximum Gasteiger partial charge on any atom is 0.407 e. The normalized spacial score (nSPS) is 19.1. The summed E-state index contributed by atoms with van der Waals surface area (Å²) in [6.45, 7) is 14.6. The number of carbonyl (C=O) groups excluding carboxylic acids is 6. The van der Waals surface area contributed by atoms with E-state index in [1.165, 1.54) is 12.8 Å². The lowest BCUT2D eigenvalue weighted by atomic mass is 9.91. The lowest BCUT2D eigenvalue weighted by Gasteiger charge is -2.41. The minimum atomic E-state index is -1.28. The van der Waals surface area contributed by atoms with Gasteiger partial charge in [0.15, 0.2) is 0 Å². The Labute approximate surface area is 472 Å². The monoisotopic (exact) mass is 1090 g/mol. The van der Waals surface area contributed by atoms with E-state index >= 15 is 0 Å². The molecule has 2 aliphatic heterocycles. The number of benzene rings is 5. The largest absolute Gasteiger partial charge is 0.471 e. The summed E-state index contributed by atoms with van der Waals surface area (Å²) in [5.74, 6) is 0.401. The highest BCUT2D eigenvalue weighted by Gasteiger charge is 2.48. The number of nitrogens with one attached hydrogen (secondary N) is 2.